The van der Waals surface area contributed by atoms with E-state index in [1.165, 1.54) is 0 Å². The molecule has 0 aliphatic heterocycles. The van der Waals surface area contributed by atoms with Crippen LogP contribution < -0.4 is 16.0 Å². The van der Waals surface area contributed by atoms with Gasteiger partial charge < -0.3 is 20.4 Å². The third kappa shape index (κ3) is 4.14. The molecule has 0 aliphatic carbocycles. The first-order valence-electron chi connectivity index (χ1n) is 8.60. The van der Waals surface area contributed by atoms with E-state index in [1.54, 1.807) is 17.6 Å². The van der Waals surface area contributed by atoms with Crippen molar-refractivity contribution < 1.29 is 4.42 Å². The second-order valence-corrected chi connectivity index (χ2v) is 7.04. The number of thiazole rings is 1. The number of nitrogens with zero attached hydrogens (tertiary/aromatic N) is 4. The second kappa shape index (κ2) is 7.58. The summed E-state index contributed by atoms with van der Waals surface area (Å²) in [6, 6.07) is 9.74. The highest BCUT2D eigenvalue weighted by Gasteiger charge is 2.08. The van der Waals surface area contributed by atoms with Crippen LogP contribution in [0.25, 0.3) is 10.2 Å². The van der Waals surface area contributed by atoms with Crippen molar-refractivity contribution in [2.45, 2.75) is 20.4 Å². The lowest BCUT2D eigenvalue weighted by atomic mass is 10.3. The van der Waals surface area contributed by atoms with Crippen molar-refractivity contribution in [3.63, 3.8) is 0 Å². The van der Waals surface area contributed by atoms with E-state index in [-0.39, 0.29) is 0 Å². The first-order chi connectivity index (χ1) is 13.2. The van der Waals surface area contributed by atoms with Crippen LogP contribution in [0.15, 0.2) is 41.0 Å². The van der Waals surface area contributed by atoms with Gasteiger partial charge in [-0.25, -0.2) is 4.98 Å². The fourth-order valence-electron chi connectivity index (χ4n) is 2.57. The minimum absolute atomic E-state index is 0.462. The maximum Gasteiger partial charge on any atom is 0.233 e. The molecule has 0 radical (unpaired) electrons. The Morgan fingerprint density at radius 3 is 2.59 bits per heavy atom. The molecule has 0 atom stereocenters. The molecular formula is C18H19N7OS. The van der Waals surface area contributed by atoms with Crippen molar-refractivity contribution in [1.29, 1.82) is 0 Å². The van der Waals surface area contributed by atoms with E-state index in [2.05, 4.69) is 35.9 Å². The molecule has 3 aromatic heterocycles. The van der Waals surface area contributed by atoms with Gasteiger partial charge >= 0.3 is 0 Å². The van der Waals surface area contributed by atoms with Gasteiger partial charge in [0.25, 0.3) is 0 Å². The number of rotatable bonds is 7. The van der Waals surface area contributed by atoms with E-state index < -0.39 is 0 Å². The molecule has 0 fully saturated rings. The SMILES string of the molecule is CCNc1nc(NCc2ccco2)nc(Nc2ccc3nc(C)sc3c2)n1. The normalized spacial score (nSPS) is 10.9. The standard InChI is InChI=1S/C18H19N7OS/c1-3-19-16-23-17(20-10-13-5-4-8-26-13)25-18(24-16)22-12-6-7-14-15(9-12)27-11(2)21-14/h4-9H,3,10H2,1-2H3,(H3,19,20,22,23,24,25). The fraction of sp³-hybridized carbons (Fsp3) is 0.222. The van der Waals surface area contributed by atoms with Gasteiger partial charge in [0.2, 0.25) is 17.8 Å². The molecule has 0 spiro atoms. The third-order valence-electron chi connectivity index (χ3n) is 3.72. The highest BCUT2D eigenvalue weighted by molar-refractivity contribution is 7.18. The number of aryl methyl sites for hydroxylation is 1. The smallest absolute Gasteiger partial charge is 0.233 e. The molecule has 0 saturated carbocycles. The third-order valence-corrected chi connectivity index (χ3v) is 4.66. The predicted molar refractivity (Wildman–Crippen MR) is 108 cm³/mol. The molecule has 0 bridgehead atoms. The van der Waals surface area contributed by atoms with Gasteiger partial charge in [-0.15, -0.1) is 11.3 Å². The number of hydrogen-bond donors (Lipinski definition) is 3. The molecular weight excluding hydrogens is 362 g/mol. The van der Waals surface area contributed by atoms with Gasteiger partial charge in [0, 0.05) is 12.2 Å². The van der Waals surface area contributed by atoms with Crippen LogP contribution >= 0.6 is 11.3 Å². The Hall–Kier alpha value is -3.20. The molecule has 138 valence electrons. The molecule has 9 heteroatoms. The van der Waals surface area contributed by atoms with Gasteiger partial charge in [-0.2, -0.15) is 15.0 Å². The number of nitrogens with one attached hydrogen (secondary N) is 3. The van der Waals surface area contributed by atoms with Crippen LogP contribution in [0.3, 0.4) is 0 Å². The summed E-state index contributed by atoms with van der Waals surface area (Å²) >= 11 is 1.66. The maximum atomic E-state index is 5.33. The van der Waals surface area contributed by atoms with E-state index in [1.807, 2.05) is 44.2 Å². The van der Waals surface area contributed by atoms with Crippen molar-refractivity contribution >= 4 is 45.1 Å². The lowest BCUT2D eigenvalue weighted by Crippen LogP contribution is -2.10. The molecule has 4 rings (SSSR count). The highest BCUT2D eigenvalue weighted by atomic mass is 32.1. The molecule has 3 N–H and O–H groups in total. The molecule has 27 heavy (non-hydrogen) atoms. The molecule has 8 nitrogen and oxygen atoms in total. The number of aromatic nitrogens is 4. The van der Waals surface area contributed by atoms with E-state index >= 15 is 0 Å². The summed E-state index contributed by atoms with van der Waals surface area (Å²) in [5.41, 5.74) is 1.89. The van der Waals surface area contributed by atoms with Crippen molar-refractivity contribution in [3.05, 3.63) is 47.4 Å². The summed E-state index contributed by atoms with van der Waals surface area (Å²) in [6.07, 6.45) is 1.64. The first kappa shape index (κ1) is 17.2. The second-order valence-electron chi connectivity index (χ2n) is 5.81. The molecule has 0 aliphatic rings. The van der Waals surface area contributed by atoms with E-state index in [0.29, 0.717) is 30.9 Å². The molecule has 1 aromatic carbocycles. The Morgan fingerprint density at radius 1 is 1.00 bits per heavy atom. The number of anilines is 4. The first-order valence-corrected chi connectivity index (χ1v) is 9.41. The minimum atomic E-state index is 0.462. The summed E-state index contributed by atoms with van der Waals surface area (Å²) in [5, 5.41) is 10.6. The summed E-state index contributed by atoms with van der Waals surface area (Å²) < 4.78 is 6.45. The summed E-state index contributed by atoms with van der Waals surface area (Å²) in [5.74, 6) is 2.24. The Balaban J connectivity index is 1.57. The zero-order valence-electron chi connectivity index (χ0n) is 15.0. The average molecular weight is 381 g/mol. The zero-order chi connectivity index (χ0) is 18.6. The quantitative estimate of drug-likeness (QED) is 0.438. The van der Waals surface area contributed by atoms with Crippen LogP contribution in [0.4, 0.5) is 23.5 Å². The van der Waals surface area contributed by atoms with Crippen molar-refractivity contribution in [2.24, 2.45) is 0 Å². The van der Waals surface area contributed by atoms with E-state index in [0.717, 1.165) is 26.7 Å². The molecule has 0 saturated heterocycles. The minimum Gasteiger partial charge on any atom is -0.467 e. The predicted octanol–water partition coefficient (Wildman–Crippen LogP) is 4.17. The fourth-order valence-corrected chi connectivity index (χ4v) is 3.44. The zero-order valence-corrected chi connectivity index (χ0v) is 15.8. The van der Waals surface area contributed by atoms with Gasteiger partial charge in [0.15, 0.2) is 0 Å². The Labute approximate surface area is 160 Å². The summed E-state index contributed by atoms with van der Waals surface area (Å²) in [4.78, 5) is 17.8. The van der Waals surface area contributed by atoms with Gasteiger partial charge in [0.05, 0.1) is 28.0 Å². The van der Waals surface area contributed by atoms with Crippen LogP contribution in [0, 0.1) is 6.92 Å². The van der Waals surface area contributed by atoms with Crippen molar-refractivity contribution in [2.75, 3.05) is 22.5 Å². The highest BCUT2D eigenvalue weighted by Crippen LogP contribution is 2.26. The number of hydrogen-bond acceptors (Lipinski definition) is 9. The number of fused-ring (bicyclic) bond motifs is 1. The molecule has 0 unspecified atom stereocenters. The largest absolute Gasteiger partial charge is 0.467 e. The van der Waals surface area contributed by atoms with Crippen LogP contribution in [-0.4, -0.2) is 26.5 Å². The van der Waals surface area contributed by atoms with Gasteiger partial charge in [-0.05, 0) is 44.2 Å². The van der Waals surface area contributed by atoms with E-state index in [4.69, 9.17) is 4.42 Å². The number of furan rings is 1. The topological polar surface area (TPSA) is 101 Å². The molecule has 0 amide bonds. The summed E-state index contributed by atoms with van der Waals surface area (Å²) in [6.45, 7) is 5.21. The van der Waals surface area contributed by atoms with Crippen LogP contribution in [-0.2, 0) is 6.54 Å². The van der Waals surface area contributed by atoms with Gasteiger partial charge in [-0.3, -0.25) is 0 Å². The van der Waals surface area contributed by atoms with Crippen LogP contribution in [0.1, 0.15) is 17.7 Å². The van der Waals surface area contributed by atoms with Gasteiger partial charge in [0.1, 0.15) is 5.76 Å². The average Bonchev–Trinajstić information content (AvgIpc) is 3.28. The lowest BCUT2D eigenvalue weighted by Gasteiger charge is -2.10. The van der Waals surface area contributed by atoms with Crippen LogP contribution in [0.5, 0.6) is 0 Å². The van der Waals surface area contributed by atoms with Crippen LogP contribution in [0.2, 0.25) is 0 Å². The Morgan fingerprint density at radius 2 is 1.81 bits per heavy atom. The van der Waals surface area contributed by atoms with Crippen molar-refractivity contribution in [1.82, 2.24) is 19.9 Å². The maximum absolute atomic E-state index is 5.33. The van der Waals surface area contributed by atoms with E-state index in [9.17, 15) is 0 Å². The van der Waals surface area contributed by atoms with Crippen molar-refractivity contribution in [3.8, 4) is 0 Å². The Bertz CT molecular complexity index is 1050. The number of benzene rings is 1. The molecule has 4 aromatic rings. The monoisotopic (exact) mass is 381 g/mol. The lowest BCUT2D eigenvalue weighted by molar-refractivity contribution is 0.517. The molecule has 3 heterocycles. The Kier molecular flexibility index (Phi) is 4.84. The summed E-state index contributed by atoms with van der Waals surface area (Å²) in [7, 11) is 0. The van der Waals surface area contributed by atoms with Gasteiger partial charge in [-0.1, -0.05) is 0 Å².